The maximum absolute atomic E-state index is 12.5. The molecule has 0 aliphatic heterocycles. The molecule has 3 aromatic carbocycles. The number of carbonyl (C=O) groups is 1. The van der Waals surface area contributed by atoms with Gasteiger partial charge in [0.1, 0.15) is 5.75 Å². The van der Waals surface area contributed by atoms with Gasteiger partial charge in [-0.2, -0.15) is 0 Å². The minimum absolute atomic E-state index is 0.105. The molecule has 0 heterocycles. The number of aryl methyl sites for hydroxylation is 1. The number of benzene rings is 3. The fourth-order valence-electron chi connectivity index (χ4n) is 2.43. The summed E-state index contributed by atoms with van der Waals surface area (Å²) in [7, 11) is -3.70. The van der Waals surface area contributed by atoms with Crippen LogP contribution in [0.15, 0.2) is 77.7 Å². The molecule has 0 bridgehead atoms. The quantitative estimate of drug-likeness (QED) is 0.451. The van der Waals surface area contributed by atoms with E-state index in [0.717, 1.165) is 9.13 Å². The zero-order valence-electron chi connectivity index (χ0n) is 15.6. The van der Waals surface area contributed by atoms with Crippen molar-refractivity contribution in [2.24, 2.45) is 0 Å². The second-order valence-corrected chi connectivity index (χ2v) is 9.21. The summed E-state index contributed by atoms with van der Waals surface area (Å²) in [4.78, 5) is 12.1. The molecule has 3 aromatic rings. The van der Waals surface area contributed by atoms with E-state index in [1.165, 1.54) is 24.3 Å². The van der Waals surface area contributed by atoms with Crippen LogP contribution in [-0.4, -0.2) is 20.9 Å². The van der Waals surface area contributed by atoms with Crippen molar-refractivity contribution >= 4 is 49.9 Å². The first-order chi connectivity index (χ1) is 13.8. The standard InChI is InChI=1S/C21H19IN2O4S/c1-15-2-6-18(7-3-15)24-29(26,27)20-12-10-19(11-13-20)28-14-21(25)23-17-8-4-16(22)5-9-17/h2-13,24H,14H2,1H3,(H,23,25). The third-order valence-corrected chi connectivity index (χ3v) is 6.05. The Labute approximate surface area is 183 Å². The van der Waals surface area contributed by atoms with E-state index < -0.39 is 10.0 Å². The maximum atomic E-state index is 12.5. The molecular weight excluding hydrogens is 503 g/mol. The second-order valence-electron chi connectivity index (χ2n) is 6.29. The lowest BCUT2D eigenvalue weighted by Crippen LogP contribution is -2.20. The Balaban J connectivity index is 1.57. The Hall–Kier alpha value is -2.59. The Morgan fingerprint density at radius 3 is 2.10 bits per heavy atom. The van der Waals surface area contributed by atoms with Gasteiger partial charge in [0.25, 0.3) is 15.9 Å². The SMILES string of the molecule is Cc1ccc(NS(=O)(=O)c2ccc(OCC(=O)Nc3ccc(I)cc3)cc2)cc1. The molecule has 0 aromatic heterocycles. The van der Waals surface area contributed by atoms with Crippen LogP contribution in [0, 0.1) is 10.5 Å². The van der Waals surface area contributed by atoms with Crippen molar-refractivity contribution in [1.82, 2.24) is 0 Å². The van der Waals surface area contributed by atoms with Crippen LogP contribution in [0.25, 0.3) is 0 Å². The smallest absolute Gasteiger partial charge is 0.262 e. The molecule has 0 saturated heterocycles. The van der Waals surface area contributed by atoms with Gasteiger partial charge in [0.15, 0.2) is 6.61 Å². The van der Waals surface area contributed by atoms with Gasteiger partial charge in [-0.05, 0) is 90.2 Å². The molecule has 0 aliphatic rings. The summed E-state index contributed by atoms with van der Waals surface area (Å²) in [6.07, 6.45) is 0. The molecular formula is C21H19IN2O4S. The minimum Gasteiger partial charge on any atom is -0.484 e. The third kappa shape index (κ3) is 6.20. The number of hydrogen-bond donors (Lipinski definition) is 2. The van der Waals surface area contributed by atoms with Gasteiger partial charge in [0.2, 0.25) is 0 Å². The Morgan fingerprint density at radius 1 is 0.897 bits per heavy atom. The fraction of sp³-hybridized carbons (Fsp3) is 0.0952. The number of sulfonamides is 1. The van der Waals surface area contributed by atoms with Gasteiger partial charge in [-0.25, -0.2) is 8.42 Å². The van der Waals surface area contributed by atoms with Crippen LogP contribution in [0.1, 0.15) is 5.56 Å². The molecule has 0 unspecified atom stereocenters. The normalized spacial score (nSPS) is 11.0. The van der Waals surface area contributed by atoms with Crippen LogP contribution >= 0.6 is 22.6 Å². The van der Waals surface area contributed by atoms with Crippen molar-refractivity contribution in [3.8, 4) is 5.75 Å². The van der Waals surface area contributed by atoms with E-state index in [-0.39, 0.29) is 17.4 Å². The Bertz CT molecular complexity index is 1080. The van der Waals surface area contributed by atoms with E-state index in [1.807, 2.05) is 31.2 Å². The highest BCUT2D eigenvalue weighted by atomic mass is 127. The summed E-state index contributed by atoms with van der Waals surface area (Å²) in [5, 5.41) is 2.73. The number of rotatable bonds is 7. The zero-order chi connectivity index (χ0) is 20.9. The largest absolute Gasteiger partial charge is 0.484 e. The molecule has 0 radical (unpaired) electrons. The predicted molar refractivity (Wildman–Crippen MR) is 122 cm³/mol. The highest BCUT2D eigenvalue weighted by Gasteiger charge is 2.14. The molecule has 2 N–H and O–H groups in total. The summed E-state index contributed by atoms with van der Waals surface area (Å²) >= 11 is 2.19. The molecule has 1 amide bonds. The lowest BCUT2D eigenvalue weighted by molar-refractivity contribution is -0.118. The van der Waals surface area contributed by atoms with Gasteiger partial charge in [0, 0.05) is 14.9 Å². The monoisotopic (exact) mass is 522 g/mol. The minimum atomic E-state index is -3.70. The van der Waals surface area contributed by atoms with Gasteiger partial charge >= 0.3 is 0 Å². The lowest BCUT2D eigenvalue weighted by atomic mass is 10.2. The summed E-state index contributed by atoms with van der Waals surface area (Å²) in [6, 6.07) is 20.4. The van der Waals surface area contributed by atoms with Crippen molar-refractivity contribution in [3.05, 3.63) is 81.9 Å². The topological polar surface area (TPSA) is 84.5 Å². The number of amides is 1. The van der Waals surface area contributed by atoms with Gasteiger partial charge in [-0.15, -0.1) is 0 Å². The summed E-state index contributed by atoms with van der Waals surface area (Å²) in [5.41, 5.74) is 2.21. The van der Waals surface area contributed by atoms with Crippen LogP contribution in [0.3, 0.4) is 0 Å². The van der Waals surface area contributed by atoms with E-state index in [4.69, 9.17) is 4.74 Å². The first-order valence-electron chi connectivity index (χ1n) is 8.70. The summed E-state index contributed by atoms with van der Waals surface area (Å²) in [6.45, 7) is 1.75. The van der Waals surface area contributed by atoms with Crippen LogP contribution in [0.2, 0.25) is 0 Å². The van der Waals surface area contributed by atoms with Crippen molar-refractivity contribution in [2.45, 2.75) is 11.8 Å². The van der Waals surface area contributed by atoms with Crippen LogP contribution < -0.4 is 14.8 Å². The van der Waals surface area contributed by atoms with Gasteiger partial charge in [-0.1, -0.05) is 17.7 Å². The van der Waals surface area contributed by atoms with E-state index in [2.05, 4.69) is 32.6 Å². The van der Waals surface area contributed by atoms with Crippen LogP contribution in [0.5, 0.6) is 5.75 Å². The number of halogens is 1. The predicted octanol–water partition coefficient (Wildman–Crippen LogP) is 4.42. The number of hydrogen-bond acceptors (Lipinski definition) is 4. The maximum Gasteiger partial charge on any atom is 0.262 e. The van der Waals surface area contributed by atoms with Crippen molar-refractivity contribution in [2.75, 3.05) is 16.6 Å². The summed E-state index contributed by atoms with van der Waals surface area (Å²) < 4.78 is 34.0. The van der Waals surface area contributed by atoms with Crippen molar-refractivity contribution < 1.29 is 17.9 Å². The van der Waals surface area contributed by atoms with E-state index in [0.29, 0.717) is 17.1 Å². The van der Waals surface area contributed by atoms with E-state index in [9.17, 15) is 13.2 Å². The molecule has 8 heteroatoms. The van der Waals surface area contributed by atoms with Crippen LogP contribution in [-0.2, 0) is 14.8 Å². The average molecular weight is 522 g/mol. The molecule has 0 saturated carbocycles. The Kier molecular flexibility index (Phi) is 6.75. The molecule has 0 aliphatic carbocycles. The van der Waals surface area contributed by atoms with Crippen molar-refractivity contribution in [3.63, 3.8) is 0 Å². The first kappa shape index (κ1) is 21.1. The molecule has 3 rings (SSSR count). The summed E-state index contributed by atoms with van der Waals surface area (Å²) in [5.74, 6) is 0.0981. The Morgan fingerprint density at radius 2 is 1.48 bits per heavy atom. The zero-order valence-corrected chi connectivity index (χ0v) is 18.5. The number of anilines is 2. The third-order valence-electron chi connectivity index (χ3n) is 3.94. The molecule has 6 nitrogen and oxygen atoms in total. The highest BCUT2D eigenvalue weighted by Crippen LogP contribution is 2.20. The van der Waals surface area contributed by atoms with Gasteiger partial charge in [-0.3, -0.25) is 9.52 Å². The molecule has 29 heavy (non-hydrogen) atoms. The van der Waals surface area contributed by atoms with Crippen LogP contribution in [0.4, 0.5) is 11.4 Å². The van der Waals surface area contributed by atoms with Gasteiger partial charge in [0.05, 0.1) is 4.90 Å². The fourth-order valence-corrected chi connectivity index (χ4v) is 3.85. The van der Waals surface area contributed by atoms with Gasteiger partial charge < -0.3 is 10.1 Å². The molecule has 0 spiro atoms. The molecule has 150 valence electrons. The highest BCUT2D eigenvalue weighted by molar-refractivity contribution is 14.1. The first-order valence-corrected chi connectivity index (χ1v) is 11.3. The molecule has 0 atom stereocenters. The number of carbonyl (C=O) groups excluding carboxylic acids is 1. The average Bonchev–Trinajstić information content (AvgIpc) is 2.70. The number of nitrogens with one attached hydrogen (secondary N) is 2. The number of ether oxygens (including phenoxy) is 1. The van der Waals surface area contributed by atoms with E-state index in [1.54, 1.807) is 24.3 Å². The lowest BCUT2D eigenvalue weighted by Gasteiger charge is -2.10. The molecule has 0 fully saturated rings. The van der Waals surface area contributed by atoms with E-state index >= 15 is 0 Å². The van der Waals surface area contributed by atoms with Crippen molar-refractivity contribution in [1.29, 1.82) is 0 Å². The second kappa shape index (κ2) is 9.27.